The summed E-state index contributed by atoms with van der Waals surface area (Å²) in [4.78, 5) is 21.0. The lowest BCUT2D eigenvalue weighted by Crippen LogP contribution is -2.34. The van der Waals surface area contributed by atoms with Crippen LogP contribution in [0.5, 0.6) is 0 Å². The van der Waals surface area contributed by atoms with Crippen LogP contribution in [0.25, 0.3) is 0 Å². The average molecular weight is 338 g/mol. The average Bonchev–Trinajstić information content (AvgIpc) is 2.91. The molecule has 0 radical (unpaired) electrons. The highest BCUT2D eigenvalue weighted by Gasteiger charge is 2.16. The highest BCUT2D eigenvalue weighted by atomic mass is 16.1. The van der Waals surface area contributed by atoms with Crippen molar-refractivity contribution in [2.24, 2.45) is 0 Å². The third-order valence-electron chi connectivity index (χ3n) is 4.74. The van der Waals surface area contributed by atoms with Crippen molar-refractivity contribution in [3.63, 3.8) is 0 Å². The van der Waals surface area contributed by atoms with E-state index in [2.05, 4.69) is 33.6 Å². The Balaban J connectivity index is 1.62. The summed E-state index contributed by atoms with van der Waals surface area (Å²) < 4.78 is 0. The Labute approximate surface area is 149 Å². The van der Waals surface area contributed by atoms with E-state index in [1.54, 1.807) is 12.4 Å². The van der Waals surface area contributed by atoms with Crippen molar-refractivity contribution >= 4 is 17.4 Å². The van der Waals surface area contributed by atoms with Gasteiger partial charge in [0.25, 0.3) is 5.91 Å². The number of hydrogen-bond acceptors (Lipinski definition) is 4. The van der Waals surface area contributed by atoms with Crippen LogP contribution in [-0.2, 0) is 6.42 Å². The lowest BCUT2D eigenvalue weighted by Gasteiger charge is -2.15. The number of nitrogens with zero attached hydrogens (tertiary/aromatic N) is 2. The van der Waals surface area contributed by atoms with Crippen molar-refractivity contribution in [1.82, 2.24) is 15.3 Å². The molecule has 25 heavy (non-hydrogen) atoms. The molecular formula is C20H26N4O. The highest BCUT2D eigenvalue weighted by Crippen LogP contribution is 2.20. The van der Waals surface area contributed by atoms with Gasteiger partial charge in [0.2, 0.25) is 0 Å². The van der Waals surface area contributed by atoms with Crippen LogP contribution >= 0.6 is 0 Å². The van der Waals surface area contributed by atoms with Gasteiger partial charge in [-0.2, -0.15) is 0 Å². The third kappa shape index (κ3) is 4.78. The molecule has 1 heterocycles. The van der Waals surface area contributed by atoms with Crippen molar-refractivity contribution in [3.05, 3.63) is 47.9 Å². The fraction of sp³-hybridized carbons (Fsp3) is 0.450. The van der Waals surface area contributed by atoms with Crippen molar-refractivity contribution < 1.29 is 4.79 Å². The lowest BCUT2D eigenvalue weighted by atomic mass is 10.1. The molecule has 1 amide bonds. The number of carbonyl (C=O) groups is 1. The molecule has 0 saturated heterocycles. The molecule has 0 spiro atoms. The molecule has 0 bridgehead atoms. The molecule has 1 aromatic heterocycles. The first-order valence-electron chi connectivity index (χ1n) is 9.24. The third-order valence-corrected chi connectivity index (χ3v) is 4.74. The number of aryl methyl sites for hydroxylation is 1. The van der Waals surface area contributed by atoms with E-state index in [1.807, 2.05) is 18.2 Å². The van der Waals surface area contributed by atoms with Crippen LogP contribution in [0.4, 0.5) is 11.5 Å². The Hall–Kier alpha value is -2.43. The van der Waals surface area contributed by atoms with Gasteiger partial charge >= 0.3 is 0 Å². The van der Waals surface area contributed by atoms with E-state index in [0.717, 1.165) is 24.9 Å². The van der Waals surface area contributed by atoms with Crippen molar-refractivity contribution in [3.8, 4) is 0 Å². The molecule has 132 valence electrons. The molecule has 0 aliphatic heterocycles. The normalized spacial score (nSPS) is 15.4. The molecule has 0 unspecified atom stereocenters. The molecule has 1 aromatic carbocycles. The van der Waals surface area contributed by atoms with E-state index >= 15 is 0 Å². The van der Waals surface area contributed by atoms with Gasteiger partial charge in [0.15, 0.2) is 0 Å². The zero-order chi connectivity index (χ0) is 17.5. The zero-order valence-electron chi connectivity index (χ0n) is 14.8. The lowest BCUT2D eigenvalue weighted by molar-refractivity contribution is 0.0928. The van der Waals surface area contributed by atoms with Crippen molar-refractivity contribution in [1.29, 1.82) is 0 Å². The fourth-order valence-corrected chi connectivity index (χ4v) is 3.28. The van der Waals surface area contributed by atoms with Crippen molar-refractivity contribution in [2.75, 3.05) is 5.32 Å². The molecule has 5 heteroatoms. The standard InChI is InChI=1S/C20H26N4O/c1-2-15-9-7-8-12-17(15)24-19-14-21-18(13-22-19)20(25)23-16-10-5-3-4-6-11-16/h7-9,12-14,16H,2-6,10-11H2,1H3,(H,22,24)(H,23,25). The van der Waals surface area contributed by atoms with Crippen LogP contribution < -0.4 is 10.6 Å². The number of aromatic nitrogens is 2. The van der Waals surface area contributed by atoms with Gasteiger partial charge in [-0.1, -0.05) is 50.8 Å². The number of hydrogen-bond donors (Lipinski definition) is 2. The number of benzene rings is 1. The van der Waals surface area contributed by atoms with Gasteiger partial charge in [-0.05, 0) is 30.9 Å². The minimum atomic E-state index is -0.125. The Morgan fingerprint density at radius 1 is 1.08 bits per heavy atom. The van der Waals surface area contributed by atoms with Gasteiger partial charge in [-0.15, -0.1) is 0 Å². The van der Waals surface area contributed by atoms with E-state index in [-0.39, 0.29) is 11.9 Å². The summed E-state index contributed by atoms with van der Waals surface area (Å²) in [5, 5.41) is 6.37. The van der Waals surface area contributed by atoms with Gasteiger partial charge in [-0.25, -0.2) is 9.97 Å². The van der Waals surface area contributed by atoms with Gasteiger partial charge in [0, 0.05) is 11.7 Å². The second-order valence-corrected chi connectivity index (χ2v) is 6.58. The number of para-hydroxylation sites is 1. The largest absolute Gasteiger partial charge is 0.348 e. The molecule has 5 nitrogen and oxygen atoms in total. The molecule has 1 aliphatic carbocycles. The minimum absolute atomic E-state index is 0.125. The van der Waals surface area contributed by atoms with Crippen LogP contribution in [0.3, 0.4) is 0 Å². The predicted octanol–water partition coefficient (Wildman–Crippen LogP) is 4.24. The van der Waals surface area contributed by atoms with Crippen LogP contribution in [-0.4, -0.2) is 21.9 Å². The summed E-state index contributed by atoms with van der Waals surface area (Å²) in [6.07, 6.45) is 11.2. The fourth-order valence-electron chi connectivity index (χ4n) is 3.28. The van der Waals surface area contributed by atoms with Crippen LogP contribution in [0.2, 0.25) is 0 Å². The van der Waals surface area contributed by atoms with E-state index in [4.69, 9.17) is 0 Å². The second kappa shape index (κ2) is 8.60. The Bertz CT molecular complexity index is 691. The monoisotopic (exact) mass is 338 g/mol. The van der Waals surface area contributed by atoms with E-state index in [0.29, 0.717) is 11.5 Å². The molecular weight excluding hydrogens is 312 g/mol. The van der Waals surface area contributed by atoms with E-state index in [9.17, 15) is 4.79 Å². The molecule has 3 rings (SSSR count). The van der Waals surface area contributed by atoms with Gasteiger partial charge < -0.3 is 10.6 Å². The molecule has 1 aliphatic rings. The van der Waals surface area contributed by atoms with Crippen LogP contribution in [0.15, 0.2) is 36.7 Å². The second-order valence-electron chi connectivity index (χ2n) is 6.58. The molecule has 2 N–H and O–H groups in total. The Morgan fingerprint density at radius 3 is 2.52 bits per heavy atom. The maximum absolute atomic E-state index is 12.4. The summed E-state index contributed by atoms with van der Waals surface area (Å²) >= 11 is 0. The summed E-state index contributed by atoms with van der Waals surface area (Å²) in [6.45, 7) is 2.12. The number of amides is 1. The Kier molecular flexibility index (Phi) is 5.99. The first-order valence-corrected chi connectivity index (χ1v) is 9.24. The SMILES string of the molecule is CCc1ccccc1Nc1cnc(C(=O)NC2CCCCCC2)cn1. The first-order chi connectivity index (χ1) is 12.3. The van der Waals surface area contributed by atoms with Gasteiger partial charge in [0.05, 0.1) is 12.4 Å². The summed E-state index contributed by atoms with van der Waals surface area (Å²) in [5.41, 5.74) is 2.62. The minimum Gasteiger partial charge on any atom is -0.348 e. The molecule has 2 aromatic rings. The molecule has 1 fully saturated rings. The molecule has 1 saturated carbocycles. The quantitative estimate of drug-likeness (QED) is 0.801. The Morgan fingerprint density at radius 2 is 1.84 bits per heavy atom. The van der Waals surface area contributed by atoms with E-state index in [1.165, 1.54) is 31.2 Å². The number of nitrogens with one attached hydrogen (secondary N) is 2. The molecule has 0 atom stereocenters. The van der Waals surface area contributed by atoms with E-state index < -0.39 is 0 Å². The summed E-state index contributed by atoms with van der Waals surface area (Å²) in [5.74, 6) is 0.520. The van der Waals surface area contributed by atoms with Gasteiger partial charge in [-0.3, -0.25) is 4.79 Å². The maximum Gasteiger partial charge on any atom is 0.271 e. The highest BCUT2D eigenvalue weighted by molar-refractivity contribution is 5.92. The zero-order valence-corrected chi connectivity index (χ0v) is 14.8. The summed E-state index contributed by atoms with van der Waals surface area (Å²) in [7, 11) is 0. The maximum atomic E-state index is 12.4. The number of anilines is 2. The number of carbonyl (C=O) groups excluding carboxylic acids is 1. The van der Waals surface area contributed by atoms with Crippen LogP contribution in [0.1, 0.15) is 61.5 Å². The number of rotatable bonds is 5. The van der Waals surface area contributed by atoms with Crippen molar-refractivity contribution in [2.45, 2.75) is 57.9 Å². The predicted molar refractivity (Wildman–Crippen MR) is 100 cm³/mol. The van der Waals surface area contributed by atoms with Gasteiger partial charge in [0.1, 0.15) is 11.5 Å². The van der Waals surface area contributed by atoms with Crippen LogP contribution in [0, 0.1) is 0 Å². The topological polar surface area (TPSA) is 66.9 Å². The summed E-state index contributed by atoms with van der Waals surface area (Å²) in [6, 6.07) is 8.39. The smallest absolute Gasteiger partial charge is 0.271 e. The first kappa shape index (κ1) is 17.4.